The van der Waals surface area contributed by atoms with Gasteiger partial charge in [-0.2, -0.15) is 0 Å². The average Bonchev–Trinajstić information content (AvgIpc) is 2.81. The van der Waals surface area contributed by atoms with Crippen LogP contribution in [0.3, 0.4) is 0 Å². The summed E-state index contributed by atoms with van der Waals surface area (Å²) in [5.41, 5.74) is 5.94. The zero-order valence-electron chi connectivity index (χ0n) is 10.6. The maximum absolute atomic E-state index is 10.6. The van der Waals surface area contributed by atoms with Crippen LogP contribution in [0.5, 0.6) is 0 Å². The van der Waals surface area contributed by atoms with Gasteiger partial charge in [-0.15, -0.1) is 0 Å². The fourth-order valence-corrected chi connectivity index (χ4v) is 3.20. The molecule has 102 valence electrons. The molecule has 1 saturated carbocycles. The second-order valence-corrected chi connectivity index (χ2v) is 5.50. The fourth-order valence-electron chi connectivity index (χ4n) is 3.20. The first-order valence-corrected chi connectivity index (χ1v) is 6.60. The van der Waals surface area contributed by atoms with E-state index < -0.39 is 4.92 Å². The van der Waals surface area contributed by atoms with E-state index in [1.165, 1.54) is 12.4 Å². The summed E-state index contributed by atoms with van der Waals surface area (Å²) in [6.45, 7) is 1.85. The summed E-state index contributed by atoms with van der Waals surface area (Å²) in [5, 5.41) is 10.6. The second-order valence-electron chi connectivity index (χ2n) is 5.50. The number of rotatable bonds is 2. The van der Waals surface area contributed by atoms with Crippen LogP contribution in [0.4, 0.5) is 11.6 Å². The van der Waals surface area contributed by atoms with Crippen molar-refractivity contribution >= 4 is 11.6 Å². The molecule has 0 spiro atoms. The standard InChI is InChI=1S/C12H17N5O2/c13-10-2-1-8-6-16(7-9(8)3-10)12-14-4-11(5-15-12)17(18)19/h4-5,8-10H,1-3,6-7,13H2/t8-,9+,10?/m1/s1. The van der Waals surface area contributed by atoms with E-state index in [0.717, 1.165) is 32.4 Å². The van der Waals surface area contributed by atoms with Crippen molar-refractivity contribution in [1.82, 2.24) is 9.97 Å². The average molecular weight is 263 g/mol. The molecule has 2 heterocycles. The molecule has 2 aliphatic rings. The molecule has 1 aromatic rings. The summed E-state index contributed by atoms with van der Waals surface area (Å²) in [5.74, 6) is 1.87. The lowest BCUT2D eigenvalue weighted by atomic mass is 9.79. The van der Waals surface area contributed by atoms with Crippen LogP contribution in [0.1, 0.15) is 19.3 Å². The first kappa shape index (κ1) is 12.3. The van der Waals surface area contributed by atoms with Crippen LogP contribution < -0.4 is 10.6 Å². The van der Waals surface area contributed by atoms with Crippen molar-refractivity contribution in [2.75, 3.05) is 18.0 Å². The lowest BCUT2D eigenvalue weighted by Crippen LogP contribution is -2.32. The second kappa shape index (κ2) is 4.73. The zero-order chi connectivity index (χ0) is 13.4. The minimum absolute atomic E-state index is 0.0672. The number of aromatic nitrogens is 2. The molecule has 7 heteroatoms. The first-order valence-electron chi connectivity index (χ1n) is 6.60. The van der Waals surface area contributed by atoms with Crippen molar-refractivity contribution in [1.29, 1.82) is 0 Å². The maximum Gasteiger partial charge on any atom is 0.305 e. The van der Waals surface area contributed by atoms with Gasteiger partial charge in [-0.3, -0.25) is 10.1 Å². The van der Waals surface area contributed by atoms with Gasteiger partial charge in [-0.05, 0) is 31.1 Å². The molecule has 1 aliphatic carbocycles. The van der Waals surface area contributed by atoms with Gasteiger partial charge >= 0.3 is 5.69 Å². The van der Waals surface area contributed by atoms with E-state index in [0.29, 0.717) is 23.8 Å². The van der Waals surface area contributed by atoms with Gasteiger partial charge in [0, 0.05) is 19.1 Å². The summed E-state index contributed by atoms with van der Waals surface area (Å²) in [6, 6.07) is 0.318. The molecular formula is C12H17N5O2. The Morgan fingerprint density at radius 2 is 1.95 bits per heavy atom. The van der Waals surface area contributed by atoms with E-state index >= 15 is 0 Å². The third kappa shape index (κ3) is 2.37. The van der Waals surface area contributed by atoms with Crippen LogP contribution >= 0.6 is 0 Å². The van der Waals surface area contributed by atoms with E-state index in [9.17, 15) is 10.1 Å². The van der Waals surface area contributed by atoms with E-state index in [2.05, 4.69) is 14.9 Å². The Bertz CT molecular complexity index is 478. The molecule has 3 rings (SSSR count). The number of nitro groups is 1. The van der Waals surface area contributed by atoms with Crippen molar-refractivity contribution in [3.63, 3.8) is 0 Å². The summed E-state index contributed by atoms with van der Waals surface area (Å²) >= 11 is 0. The molecule has 1 aromatic heterocycles. The third-order valence-corrected chi connectivity index (χ3v) is 4.21. The van der Waals surface area contributed by atoms with Crippen molar-refractivity contribution in [3.05, 3.63) is 22.5 Å². The summed E-state index contributed by atoms with van der Waals surface area (Å²) in [4.78, 5) is 20.4. The molecule has 0 radical (unpaired) electrons. The van der Waals surface area contributed by atoms with Gasteiger partial charge in [0.25, 0.3) is 0 Å². The first-order chi connectivity index (χ1) is 9.13. The van der Waals surface area contributed by atoms with Crippen LogP contribution in [-0.4, -0.2) is 34.0 Å². The molecule has 1 aliphatic heterocycles. The van der Waals surface area contributed by atoms with Crippen molar-refractivity contribution in [3.8, 4) is 0 Å². The van der Waals surface area contributed by atoms with Crippen LogP contribution in [0.15, 0.2) is 12.4 Å². The monoisotopic (exact) mass is 263 g/mol. The molecular weight excluding hydrogens is 246 g/mol. The molecule has 0 aromatic carbocycles. The topological polar surface area (TPSA) is 98.2 Å². The third-order valence-electron chi connectivity index (χ3n) is 4.21. The van der Waals surface area contributed by atoms with E-state index in [1.807, 2.05) is 0 Å². The molecule has 1 saturated heterocycles. The Labute approximate surface area is 111 Å². The van der Waals surface area contributed by atoms with Crippen molar-refractivity contribution in [2.24, 2.45) is 17.6 Å². The minimum Gasteiger partial charge on any atom is -0.340 e. The molecule has 1 unspecified atom stereocenters. The summed E-state index contributed by atoms with van der Waals surface area (Å²) in [7, 11) is 0. The molecule has 7 nitrogen and oxygen atoms in total. The molecule has 2 fully saturated rings. The lowest BCUT2D eigenvalue weighted by Gasteiger charge is -2.27. The number of fused-ring (bicyclic) bond motifs is 1. The SMILES string of the molecule is NC1CC[C@@H]2CN(c3ncc([N+](=O)[O-])cn3)C[C@@H]2C1. The molecule has 3 atom stereocenters. The van der Waals surface area contributed by atoms with Gasteiger partial charge in [0.1, 0.15) is 12.4 Å². The Kier molecular flexibility index (Phi) is 3.06. The minimum atomic E-state index is -0.480. The number of hydrogen-bond donors (Lipinski definition) is 1. The molecule has 19 heavy (non-hydrogen) atoms. The Hall–Kier alpha value is -1.76. The Morgan fingerprint density at radius 3 is 2.63 bits per heavy atom. The summed E-state index contributed by atoms with van der Waals surface area (Å²) < 4.78 is 0. The van der Waals surface area contributed by atoms with Crippen LogP contribution in [0.25, 0.3) is 0 Å². The number of nitrogens with two attached hydrogens (primary N) is 1. The van der Waals surface area contributed by atoms with Gasteiger partial charge < -0.3 is 10.6 Å². The number of anilines is 1. The quantitative estimate of drug-likeness (QED) is 0.630. The number of nitrogens with zero attached hydrogens (tertiary/aromatic N) is 4. The Morgan fingerprint density at radius 1 is 1.26 bits per heavy atom. The fraction of sp³-hybridized carbons (Fsp3) is 0.667. The maximum atomic E-state index is 10.6. The Balaban J connectivity index is 1.72. The molecule has 2 N–H and O–H groups in total. The lowest BCUT2D eigenvalue weighted by molar-refractivity contribution is -0.385. The molecule has 0 amide bonds. The van der Waals surface area contributed by atoms with Crippen molar-refractivity contribution in [2.45, 2.75) is 25.3 Å². The van der Waals surface area contributed by atoms with E-state index in [-0.39, 0.29) is 5.69 Å². The highest BCUT2D eigenvalue weighted by Crippen LogP contribution is 2.36. The van der Waals surface area contributed by atoms with E-state index in [4.69, 9.17) is 5.73 Å². The highest BCUT2D eigenvalue weighted by atomic mass is 16.6. The zero-order valence-corrected chi connectivity index (χ0v) is 10.6. The van der Waals surface area contributed by atoms with Crippen LogP contribution in [0, 0.1) is 22.0 Å². The smallest absolute Gasteiger partial charge is 0.305 e. The highest BCUT2D eigenvalue weighted by molar-refractivity contribution is 5.35. The largest absolute Gasteiger partial charge is 0.340 e. The number of hydrogen-bond acceptors (Lipinski definition) is 6. The van der Waals surface area contributed by atoms with Gasteiger partial charge in [0.2, 0.25) is 5.95 Å². The van der Waals surface area contributed by atoms with Gasteiger partial charge in [-0.25, -0.2) is 9.97 Å². The normalized spacial score (nSPS) is 30.2. The summed E-state index contributed by atoms with van der Waals surface area (Å²) in [6.07, 6.45) is 5.87. The predicted octanol–water partition coefficient (Wildman–Crippen LogP) is 0.948. The van der Waals surface area contributed by atoms with Crippen molar-refractivity contribution < 1.29 is 4.92 Å². The van der Waals surface area contributed by atoms with Crippen LogP contribution in [0.2, 0.25) is 0 Å². The van der Waals surface area contributed by atoms with Gasteiger partial charge in [0.15, 0.2) is 0 Å². The van der Waals surface area contributed by atoms with Gasteiger partial charge in [0.05, 0.1) is 4.92 Å². The molecule has 0 bridgehead atoms. The van der Waals surface area contributed by atoms with Crippen LogP contribution in [-0.2, 0) is 0 Å². The van der Waals surface area contributed by atoms with Gasteiger partial charge in [-0.1, -0.05) is 0 Å². The van der Waals surface area contributed by atoms with E-state index in [1.54, 1.807) is 0 Å². The predicted molar refractivity (Wildman–Crippen MR) is 69.7 cm³/mol. The highest BCUT2D eigenvalue weighted by Gasteiger charge is 2.37.